The molecule has 1 aliphatic rings. The van der Waals surface area contributed by atoms with Crippen LogP contribution in [-0.4, -0.2) is 39.0 Å². The molecule has 0 saturated carbocycles. The molecule has 0 spiro atoms. The number of para-hydroxylation sites is 1. The number of rotatable bonds is 4. The van der Waals surface area contributed by atoms with Crippen molar-refractivity contribution in [3.8, 4) is 0 Å². The van der Waals surface area contributed by atoms with E-state index in [1.165, 1.54) is 0 Å². The Morgan fingerprint density at radius 1 is 1.24 bits per heavy atom. The molecule has 0 amide bonds. The van der Waals surface area contributed by atoms with Crippen molar-refractivity contribution in [1.82, 2.24) is 14.9 Å². The molecule has 1 aromatic carbocycles. The molecule has 1 saturated heterocycles. The van der Waals surface area contributed by atoms with Crippen molar-refractivity contribution >= 4 is 27.5 Å². The number of benzene rings is 1. The minimum Gasteiger partial charge on any atom is -0.481 e. The first kappa shape index (κ1) is 16.2. The highest BCUT2D eigenvalue weighted by Crippen LogP contribution is 2.35. The fraction of sp³-hybridized carbons (Fsp3) is 0.316. The molecule has 3 aromatic rings. The molecule has 1 aliphatic heterocycles. The molecule has 3 heterocycles. The lowest BCUT2D eigenvalue weighted by atomic mass is 9.96. The third kappa shape index (κ3) is 3.27. The number of likely N-dealkylation sites (tertiary alicyclic amines) is 1. The Labute approximate surface area is 150 Å². The predicted molar refractivity (Wildman–Crippen MR) is 97.6 cm³/mol. The topological polar surface area (TPSA) is 66.3 Å². The number of carbonyl (C=O) groups is 1. The number of fused-ring (bicyclic) bond motifs is 1. The van der Waals surface area contributed by atoms with Gasteiger partial charge in [0.2, 0.25) is 0 Å². The van der Waals surface area contributed by atoms with Crippen LogP contribution < -0.4 is 0 Å². The lowest BCUT2D eigenvalue weighted by molar-refractivity contribution is -0.143. The second-order valence-electron chi connectivity index (χ2n) is 6.35. The zero-order valence-electron chi connectivity index (χ0n) is 13.7. The van der Waals surface area contributed by atoms with Gasteiger partial charge in [-0.1, -0.05) is 18.2 Å². The van der Waals surface area contributed by atoms with Crippen LogP contribution in [-0.2, 0) is 4.79 Å². The van der Waals surface area contributed by atoms with Gasteiger partial charge in [-0.3, -0.25) is 14.7 Å². The van der Waals surface area contributed by atoms with E-state index < -0.39 is 5.97 Å². The molecule has 0 aliphatic carbocycles. The molecule has 0 radical (unpaired) electrons. The molecule has 128 valence electrons. The number of nitrogens with zero attached hydrogens (tertiary/aromatic N) is 3. The Kier molecular flexibility index (Phi) is 4.46. The first-order valence-electron chi connectivity index (χ1n) is 8.45. The van der Waals surface area contributed by atoms with Crippen molar-refractivity contribution in [2.24, 2.45) is 5.92 Å². The van der Waals surface area contributed by atoms with Gasteiger partial charge < -0.3 is 5.11 Å². The van der Waals surface area contributed by atoms with Crippen LogP contribution in [0, 0.1) is 5.92 Å². The summed E-state index contributed by atoms with van der Waals surface area (Å²) in [6, 6.07) is 13.9. The van der Waals surface area contributed by atoms with Gasteiger partial charge in [0.1, 0.15) is 11.0 Å². The van der Waals surface area contributed by atoms with Gasteiger partial charge in [-0.2, -0.15) is 0 Å². The molecule has 2 aromatic heterocycles. The van der Waals surface area contributed by atoms with E-state index in [1.54, 1.807) is 17.5 Å². The lowest BCUT2D eigenvalue weighted by Crippen LogP contribution is -2.41. The SMILES string of the molecule is O=C(O)C1CCCN(C(c2ccccn2)c2nc3ccccc3s2)C1. The van der Waals surface area contributed by atoms with Crippen LogP contribution in [0.1, 0.15) is 29.6 Å². The average Bonchev–Trinajstić information content (AvgIpc) is 3.06. The third-order valence-electron chi connectivity index (χ3n) is 4.68. The van der Waals surface area contributed by atoms with E-state index >= 15 is 0 Å². The summed E-state index contributed by atoms with van der Waals surface area (Å²) in [7, 11) is 0. The zero-order valence-corrected chi connectivity index (χ0v) is 14.5. The Balaban J connectivity index is 1.75. The number of hydrogen-bond acceptors (Lipinski definition) is 5. The number of carboxylic acids is 1. The second-order valence-corrected chi connectivity index (χ2v) is 7.41. The van der Waals surface area contributed by atoms with Crippen molar-refractivity contribution in [1.29, 1.82) is 0 Å². The largest absolute Gasteiger partial charge is 0.481 e. The van der Waals surface area contributed by atoms with Gasteiger partial charge in [-0.15, -0.1) is 11.3 Å². The molecule has 25 heavy (non-hydrogen) atoms. The maximum Gasteiger partial charge on any atom is 0.307 e. The number of aliphatic carboxylic acids is 1. The molecular weight excluding hydrogens is 334 g/mol. The number of aromatic nitrogens is 2. The van der Waals surface area contributed by atoms with Crippen molar-refractivity contribution < 1.29 is 9.90 Å². The van der Waals surface area contributed by atoms with Crippen LogP contribution in [0.15, 0.2) is 48.7 Å². The van der Waals surface area contributed by atoms with E-state index in [4.69, 9.17) is 4.98 Å². The van der Waals surface area contributed by atoms with Gasteiger partial charge in [0, 0.05) is 12.7 Å². The number of carboxylic acid groups (broad SMARTS) is 1. The summed E-state index contributed by atoms with van der Waals surface area (Å²) in [5.74, 6) is -1.04. The normalized spacial score (nSPS) is 19.8. The molecule has 2 unspecified atom stereocenters. The first-order chi connectivity index (χ1) is 12.2. The fourth-order valence-corrected chi connectivity index (χ4v) is 4.57. The van der Waals surface area contributed by atoms with Crippen molar-refractivity contribution in [2.45, 2.75) is 18.9 Å². The highest BCUT2D eigenvalue weighted by atomic mass is 32.1. The zero-order chi connectivity index (χ0) is 17.2. The molecular formula is C19H19N3O2S. The van der Waals surface area contributed by atoms with Crippen molar-refractivity contribution in [3.63, 3.8) is 0 Å². The maximum atomic E-state index is 11.5. The quantitative estimate of drug-likeness (QED) is 0.777. The molecule has 2 atom stereocenters. The molecule has 5 nitrogen and oxygen atoms in total. The van der Waals surface area contributed by atoms with Crippen LogP contribution >= 0.6 is 11.3 Å². The minimum absolute atomic E-state index is 0.0965. The highest BCUT2D eigenvalue weighted by molar-refractivity contribution is 7.18. The Bertz CT molecular complexity index is 848. The Morgan fingerprint density at radius 2 is 2.08 bits per heavy atom. The summed E-state index contributed by atoms with van der Waals surface area (Å²) in [6.07, 6.45) is 3.40. The minimum atomic E-state index is -0.714. The number of piperidine rings is 1. The summed E-state index contributed by atoms with van der Waals surface area (Å²) in [6.45, 7) is 1.40. The molecule has 1 N–H and O–H groups in total. The lowest BCUT2D eigenvalue weighted by Gasteiger charge is -2.35. The van der Waals surface area contributed by atoms with E-state index in [-0.39, 0.29) is 12.0 Å². The van der Waals surface area contributed by atoms with E-state index in [0.717, 1.165) is 40.3 Å². The number of hydrogen-bond donors (Lipinski definition) is 1. The van der Waals surface area contributed by atoms with Gasteiger partial charge in [-0.05, 0) is 43.7 Å². The number of pyridine rings is 1. The summed E-state index contributed by atoms with van der Waals surface area (Å²) >= 11 is 1.66. The van der Waals surface area contributed by atoms with Gasteiger partial charge >= 0.3 is 5.97 Å². The van der Waals surface area contributed by atoms with Crippen LogP contribution in [0.2, 0.25) is 0 Å². The van der Waals surface area contributed by atoms with Gasteiger partial charge in [0.15, 0.2) is 0 Å². The Hall–Kier alpha value is -2.31. The number of thiazole rings is 1. The van der Waals surface area contributed by atoms with Gasteiger partial charge in [0.05, 0.1) is 21.8 Å². The van der Waals surface area contributed by atoms with Crippen LogP contribution in [0.5, 0.6) is 0 Å². The van der Waals surface area contributed by atoms with E-state index in [0.29, 0.717) is 6.54 Å². The third-order valence-corrected chi connectivity index (χ3v) is 5.77. The summed E-state index contributed by atoms with van der Waals surface area (Å²) in [5.41, 5.74) is 1.91. The van der Waals surface area contributed by atoms with E-state index in [1.807, 2.05) is 36.4 Å². The van der Waals surface area contributed by atoms with Crippen LogP contribution in [0.25, 0.3) is 10.2 Å². The highest BCUT2D eigenvalue weighted by Gasteiger charge is 2.33. The molecule has 4 rings (SSSR count). The molecule has 1 fully saturated rings. The Morgan fingerprint density at radius 3 is 2.84 bits per heavy atom. The fourth-order valence-electron chi connectivity index (χ4n) is 3.46. The van der Waals surface area contributed by atoms with Gasteiger partial charge in [0.25, 0.3) is 0 Å². The predicted octanol–water partition coefficient (Wildman–Crippen LogP) is 3.58. The summed E-state index contributed by atoms with van der Waals surface area (Å²) in [4.78, 5) is 23.1. The van der Waals surface area contributed by atoms with Crippen molar-refractivity contribution in [3.05, 3.63) is 59.4 Å². The van der Waals surface area contributed by atoms with Gasteiger partial charge in [-0.25, -0.2) is 4.98 Å². The molecule has 6 heteroatoms. The summed E-state index contributed by atoms with van der Waals surface area (Å²) in [5, 5.41) is 10.4. The van der Waals surface area contributed by atoms with Crippen LogP contribution in [0.4, 0.5) is 0 Å². The monoisotopic (exact) mass is 353 g/mol. The van der Waals surface area contributed by atoms with Crippen LogP contribution in [0.3, 0.4) is 0 Å². The first-order valence-corrected chi connectivity index (χ1v) is 9.27. The standard InChI is InChI=1S/C19H19N3O2S/c23-19(24)13-6-5-11-22(12-13)17(15-8-3-4-10-20-15)18-21-14-7-1-2-9-16(14)25-18/h1-4,7-10,13,17H,5-6,11-12H2,(H,23,24). The van der Waals surface area contributed by atoms with E-state index in [9.17, 15) is 9.90 Å². The maximum absolute atomic E-state index is 11.5. The average molecular weight is 353 g/mol. The second kappa shape index (κ2) is 6.90. The molecule has 0 bridgehead atoms. The van der Waals surface area contributed by atoms with E-state index in [2.05, 4.69) is 16.0 Å². The smallest absolute Gasteiger partial charge is 0.307 e. The summed E-state index contributed by atoms with van der Waals surface area (Å²) < 4.78 is 1.14. The van der Waals surface area contributed by atoms with Crippen molar-refractivity contribution in [2.75, 3.05) is 13.1 Å².